The summed E-state index contributed by atoms with van der Waals surface area (Å²) in [5.74, 6) is -0.204. The molecule has 8 nitrogen and oxygen atoms in total. The minimum absolute atomic E-state index is 0.00537. The van der Waals surface area contributed by atoms with Crippen LogP contribution in [0.3, 0.4) is 0 Å². The highest BCUT2D eigenvalue weighted by Gasteiger charge is 2.23. The van der Waals surface area contributed by atoms with Crippen molar-refractivity contribution in [2.24, 2.45) is 0 Å². The Morgan fingerprint density at radius 3 is 1.21 bits per heavy atom. The summed E-state index contributed by atoms with van der Waals surface area (Å²) in [5.41, 5.74) is 0. The Labute approximate surface area is 417 Å². The molecule has 0 radical (unpaired) electrons. The average Bonchev–Trinajstić information content (AvgIpc) is 3.29. The quantitative estimate of drug-likeness (QED) is 0.0272. The van der Waals surface area contributed by atoms with Crippen molar-refractivity contribution in [3.63, 3.8) is 0 Å². The second-order valence-electron chi connectivity index (χ2n) is 21.0. The highest BCUT2D eigenvalue weighted by atomic mass is 31.2. The number of unbranched alkanes of at least 4 members (excludes halogenated alkanes) is 36. The van der Waals surface area contributed by atoms with Gasteiger partial charge in [0.25, 0.3) is 7.82 Å². The molecule has 0 fully saturated rings. The predicted molar refractivity (Wildman–Crippen MR) is 288 cm³/mol. The van der Waals surface area contributed by atoms with E-state index in [-0.39, 0.29) is 12.5 Å². The molecule has 0 aliphatic carbocycles. The number of amides is 1. The molecule has 0 saturated carbocycles. The van der Waals surface area contributed by atoms with E-state index in [1.165, 1.54) is 218 Å². The molecule has 1 amide bonds. The molecule has 0 aromatic rings. The van der Waals surface area contributed by atoms with Crippen LogP contribution < -0.4 is 10.2 Å². The predicted octanol–water partition coefficient (Wildman–Crippen LogP) is 16.7. The maximum atomic E-state index is 13.0. The van der Waals surface area contributed by atoms with Crippen molar-refractivity contribution in [1.29, 1.82) is 0 Å². The number of aliphatic hydroxyl groups is 1. The van der Waals surface area contributed by atoms with Crippen molar-refractivity contribution >= 4 is 13.7 Å². The van der Waals surface area contributed by atoms with Crippen LogP contribution >= 0.6 is 7.82 Å². The molecular weight excluding hydrogens is 852 g/mol. The van der Waals surface area contributed by atoms with Crippen molar-refractivity contribution in [3.05, 3.63) is 36.5 Å². The molecule has 0 bridgehead atoms. The Bertz CT molecular complexity index is 1190. The molecule has 67 heavy (non-hydrogen) atoms. The standard InChI is InChI=1S/C58H113N2O6P/c1-6-8-10-12-14-16-18-20-22-24-26-28-29-30-31-32-34-36-38-40-42-44-46-48-50-52-58(62)59-56(55-66-67(63,64)65-54-53-60(3,4)5)57(61)51-49-47-45-43-41-39-37-35-33-27-25-23-21-19-17-15-13-11-9-7-2/h24,26,41,43,49,51,56-57,61H,6-23,25,27-40,42,44-48,50,52-55H2,1-5H3,(H-,59,62,63,64)/b26-24-,43-41+,51-49+. The Hall–Kier alpha value is -1.28. The molecule has 0 saturated heterocycles. The fourth-order valence-electron chi connectivity index (χ4n) is 8.52. The van der Waals surface area contributed by atoms with Crippen molar-refractivity contribution < 1.29 is 32.9 Å². The van der Waals surface area contributed by atoms with Gasteiger partial charge in [0.2, 0.25) is 5.91 Å². The second kappa shape index (κ2) is 49.7. The number of hydrogen-bond acceptors (Lipinski definition) is 6. The van der Waals surface area contributed by atoms with Gasteiger partial charge in [-0.1, -0.05) is 249 Å². The van der Waals surface area contributed by atoms with Gasteiger partial charge in [0.1, 0.15) is 13.2 Å². The molecule has 0 aromatic heterocycles. The van der Waals surface area contributed by atoms with Gasteiger partial charge in [0.15, 0.2) is 0 Å². The van der Waals surface area contributed by atoms with Gasteiger partial charge in [-0.05, 0) is 57.8 Å². The zero-order chi connectivity index (χ0) is 49.2. The van der Waals surface area contributed by atoms with E-state index in [0.29, 0.717) is 17.4 Å². The monoisotopic (exact) mass is 965 g/mol. The molecule has 396 valence electrons. The van der Waals surface area contributed by atoms with E-state index in [2.05, 4.69) is 43.5 Å². The van der Waals surface area contributed by atoms with Gasteiger partial charge < -0.3 is 28.8 Å². The van der Waals surface area contributed by atoms with Crippen LogP contribution in [0.5, 0.6) is 0 Å². The Kier molecular flexibility index (Phi) is 48.7. The number of nitrogens with zero attached hydrogens (tertiary/aromatic N) is 1. The fourth-order valence-corrected chi connectivity index (χ4v) is 9.24. The van der Waals surface area contributed by atoms with Crippen molar-refractivity contribution in [2.45, 2.75) is 289 Å². The summed E-state index contributed by atoms with van der Waals surface area (Å²) in [6.07, 6.45) is 63.6. The van der Waals surface area contributed by atoms with E-state index in [4.69, 9.17) is 9.05 Å². The number of likely N-dealkylation sites (N-methyl/N-ethyl adjacent to an activating group) is 1. The summed E-state index contributed by atoms with van der Waals surface area (Å²) in [7, 11) is 1.25. The minimum atomic E-state index is -4.60. The summed E-state index contributed by atoms with van der Waals surface area (Å²) in [6.45, 7) is 4.66. The topological polar surface area (TPSA) is 108 Å². The number of carbonyl (C=O) groups is 1. The largest absolute Gasteiger partial charge is 0.756 e. The number of quaternary nitrogens is 1. The molecule has 0 aliphatic heterocycles. The minimum Gasteiger partial charge on any atom is -0.756 e. The number of nitrogens with one attached hydrogen (secondary N) is 1. The summed E-state index contributed by atoms with van der Waals surface area (Å²) in [5, 5.41) is 13.9. The third-order valence-corrected chi connectivity index (χ3v) is 14.0. The van der Waals surface area contributed by atoms with Gasteiger partial charge >= 0.3 is 0 Å². The summed E-state index contributed by atoms with van der Waals surface area (Å²) < 4.78 is 23.3. The molecule has 3 unspecified atom stereocenters. The van der Waals surface area contributed by atoms with Gasteiger partial charge in [0, 0.05) is 6.42 Å². The molecule has 0 aliphatic rings. The van der Waals surface area contributed by atoms with Gasteiger partial charge in [0.05, 0.1) is 39.9 Å². The summed E-state index contributed by atoms with van der Waals surface area (Å²) in [4.78, 5) is 25.5. The van der Waals surface area contributed by atoms with Gasteiger partial charge in [-0.25, -0.2) is 0 Å². The van der Waals surface area contributed by atoms with Crippen LogP contribution in [0.2, 0.25) is 0 Å². The van der Waals surface area contributed by atoms with Crippen LogP contribution in [-0.4, -0.2) is 68.5 Å². The first kappa shape index (κ1) is 65.7. The number of allylic oxidation sites excluding steroid dienone is 5. The van der Waals surface area contributed by atoms with Crippen molar-refractivity contribution in [3.8, 4) is 0 Å². The molecule has 0 aromatic carbocycles. The number of rotatable bonds is 53. The number of hydrogen-bond donors (Lipinski definition) is 2. The van der Waals surface area contributed by atoms with E-state index in [1.807, 2.05) is 27.2 Å². The van der Waals surface area contributed by atoms with E-state index in [1.54, 1.807) is 6.08 Å². The van der Waals surface area contributed by atoms with Crippen LogP contribution in [0.15, 0.2) is 36.5 Å². The van der Waals surface area contributed by atoms with E-state index in [9.17, 15) is 19.4 Å². The lowest BCUT2D eigenvalue weighted by molar-refractivity contribution is -0.870. The second-order valence-corrected chi connectivity index (χ2v) is 22.4. The number of aliphatic hydroxyl groups excluding tert-OH is 1. The smallest absolute Gasteiger partial charge is 0.268 e. The van der Waals surface area contributed by atoms with Gasteiger partial charge in [-0.2, -0.15) is 0 Å². The van der Waals surface area contributed by atoms with Crippen LogP contribution in [0.4, 0.5) is 0 Å². The Morgan fingerprint density at radius 1 is 0.507 bits per heavy atom. The molecule has 0 spiro atoms. The number of carbonyl (C=O) groups excluding carboxylic acids is 1. The lowest BCUT2D eigenvalue weighted by Crippen LogP contribution is -2.45. The first-order chi connectivity index (χ1) is 32.5. The fraction of sp³-hybridized carbons (Fsp3) is 0.879. The summed E-state index contributed by atoms with van der Waals surface area (Å²) in [6, 6.07) is -0.903. The first-order valence-electron chi connectivity index (χ1n) is 28.9. The van der Waals surface area contributed by atoms with E-state index < -0.39 is 26.6 Å². The van der Waals surface area contributed by atoms with Crippen LogP contribution in [0.25, 0.3) is 0 Å². The SMILES string of the molecule is CCCCCCCCCC/C=C\CCCCCCCCCCCCCCCC(=O)NC(COP(=O)([O-])OCC[N+](C)(C)C)C(O)/C=C/CC/C=C/CCCCCCCCCCCCCCCC. The Balaban J connectivity index is 4.23. The number of phosphoric ester groups is 1. The molecule has 3 atom stereocenters. The lowest BCUT2D eigenvalue weighted by Gasteiger charge is -2.29. The first-order valence-corrected chi connectivity index (χ1v) is 30.3. The van der Waals surface area contributed by atoms with Gasteiger partial charge in [-0.15, -0.1) is 0 Å². The Morgan fingerprint density at radius 2 is 0.836 bits per heavy atom. The third-order valence-electron chi connectivity index (χ3n) is 13.1. The van der Waals surface area contributed by atoms with Crippen molar-refractivity contribution in [2.75, 3.05) is 40.9 Å². The van der Waals surface area contributed by atoms with Crippen LogP contribution in [-0.2, 0) is 18.4 Å². The zero-order valence-electron chi connectivity index (χ0n) is 45.1. The maximum absolute atomic E-state index is 13.0. The van der Waals surface area contributed by atoms with Crippen LogP contribution in [0, 0.1) is 0 Å². The highest BCUT2D eigenvalue weighted by Crippen LogP contribution is 2.38. The lowest BCUT2D eigenvalue weighted by atomic mass is 10.0. The van der Waals surface area contributed by atoms with Crippen molar-refractivity contribution in [1.82, 2.24) is 5.32 Å². The highest BCUT2D eigenvalue weighted by molar-refractivity contribution is 7.45. The summed E-state index contributed by atoms with van der Waals surface area (Å²) >= 11 is 0. The third kappa shape index (κ3) is 52.4. The molecular formula is C58H113N2O6P. The molecule has 0 rings (SSSR count). The molecule has 2 N–H and O–H groups in total. The number of phosphoric acid groups is 1. The normalized spacial score (nSPS) is 14.2. The molecule has 0 heterocycles. The zero-order valence-corrected chi connectivity index (χ0v) is 46.0. The average molecular weight is 966 g/mol. The van der Waals surface area contributed by atoms with Crippen LogP contribution in [0.1, 0.15) is 277 Å². The molecule has 9 heteroatoms. The maximum Gasteiger partial charge on any atom is 0.268 e. The van der Waals surface area contributed by atoms with E-state index >= 15 is 0 Å². The van der Waals surface area contributed by atoms with Gasteiger partial charge in [-0.3, -0.25) is 9.36 Å². The van der Waals surface area contributed by atoms with E-state index in [0.717, 1.165) is 38.5 Å².